The van der Waals surface area contributed by atoms with Crippen molar-refractivity contribution in [2.24, 2.45) is 0 Å². The molecule has 0 saturated heterocycles. The number of ether oxygens (including phenoxy) is 1. The number of fused-ring (bicyclic) bond motifs is 5. The third-order valence-corrected chi connectivity index (χ3v) is 10.8. The Morgan fingerprint density at radius 1 is 0.436 bits per heavy atom. The first-order chi connectivity index (χ1) is 27.3. The second-order valence-corrected chi connectivity index (χ2v) is 14.0. The zero-order valence-electron chi connectivity index (χ0n) is 29.8. The smallest absolute Gasteiger partial charge is 0.139 e. The molecule has 0 spiro atoms. The number of hydrogen-bond donors (Lipinski definition) is 0. The van der Waals surface area contributed by atoms with Gasteiger partial charge in [-0.2, -0.15) is 0 Å². The highest BCUT2D eigenvalue weighted by molar-refractivity contribution is 6.14. The Balaban J connectivity index is 1.03. The molecule has 0 amide bonds. The zero-order valence-corrected chi connectivity index (χ0v) is 29.8. The highest BCUT2D eigenvalue weighted by Gasteiger charge is 2.24. The van der Waals surface area contributed by atoms with Crippen molar-refractivity contribution in [2.45, 2.75) is 0 Å². The fourth-order valence-electron chi connectivity index (χ4n) is 8.22. The van der Waals surface area contributed by atoms with Crippen molar-refractivity contribution in [1.29, 1.82) is 0 Å². The van der Waals surface area contributed by atoms with Gasteiger partial charge in [0.25, 0.3) is 0 Å². The molecule has 55 heavy (non-hydrogen) atoms. The van der Waals surface area contributed by atoms with E-state index in [2.05, 4.69) is 191 Å². The van der Waals surface area contributed by atoms with Crippen LogP contribution < -0.4 is 9.64 Å². The lowest BCUT2D eigenvalue weighted by molar-refractivity contribution is 0.487. The molecule has 258 valence electrons. The first-order valence-corrected chi connectivity index (χ1v) is 18.6. The number of anilines is 3. The third kappa shape index (κ3) is 5.19. The average Bonchev–Trinajstić information content (AvgIpc) is 3.57. The summed E-state index contributed by atoms with van der Waals surface area (Å²) < 4.78 is 8.94. The van der Waals surface area contributed by atoms with E-state index in [0.29, 0.717) is 0 Å². The Labute approximate surface area is 318 Å². The van der Waals surface area contributed by atoms with Gasteiger partial charge < -0.3 is 14.2 Å². The van der Waals surface area contributed by atoms with E-state index in [9.17, 15) is 0 Å². The van der Waals surface area contributed by atoms with Crippen LogP contribution in [0.15, 0.2) is 200 Å². The number of benzene rings is 8. The molecule has 3 heterocycles. The topological polar surface area (TPSA) is 30.3 Å². The maximum atomic E-state index is 6.60. The molecule has 0 atom stereocenters. The lowest BCUT2D eigenvalue weighted by atomic mass is 9.97. The molecule has 4 heteroatoms. The maximum Gasteiger partial charge on any atom is 0.139 e. The standard InChI is InChI=1S/C51H33N3O/c1-4-11-34(12-5-1)35-19-24-41(25-20-35)53(39-14-6-2-7-15-39)42-26-21-36(22-27-42)38-23-28-46-43(31-38)44-32-45-49(33-47(44)54(46)40-16-8-3-9-17-40)55-48-18-10-13-37-29-30-52-51(45)50(37)48/h1-33H. The summed E-state index contributed by atoms with van der Waals surface area (Å²) in [5.41, 5.74) is 13.3. The SMILES string of the molecule is c1ccc(-c2ccc(N(c3ccccc3)c3ccc(-c4ccc5c(c4)c4cc6c(cc4n5-c4ccccc4)Oc4cccc5ccnc-6c45)cc3)cc2)cc1. The molecule has 1 aliphatic heterocycles. The number of pyridine rings is 1. The fraction of sp³-hybridized carbons (Fsp3) is 0. The normalized spacial score (nSPS) is 11.8. The van der Waals surface area contributed by atoms with E-state index in [0.717, 1.165) is 83.8 Å². The molecule has 0 N–H and O–H groups in total. The van der Waals surface area contributed by atoms with Crippen molar-refractivity contribution >= 4 is 49.6 Å². The second-order valence-electron chi connectivity index (χ2n) is 14.0. The monoisotopic (exact) mass is 703 g/mol. The van der Waals surface area contributed by atoms with Gasteiger partial charge >= 0.3 is 0 Å². The summed E-state index contributed by atoms with van der Waals surface area (Å²) in [4.78, 5) is 7.20. The van der Waals surface area contributed by atoms with Crippen molar-refractivity contribution < 1.29 is 4.74 Å². The molecule has 8 aromatic carbocycles. The van der Waals surface area contributed by atoms with Crippen LogP contribution >= 0.6 is 0 Å². The molecular weight excluding hydrogens is 671 g/mol. The molecule has 0 unspecified atom stereocenters. The second kappa shape index (κ2) is 12.6. The maximum absolute atomic E-state index is 6.60. The van der Waals surface area contributed by atoms with Crippen LogP contribution in [0.4, 0.5) is 17.1 Å². The lowest BCUT2D eigenvalue weighted by Gasteiger charge is -2.26. The van der Waals surface area contributed by atoms with Gasteiger partial charge in [0.05, 0.1) is 22.1 Å². The molecule has 10 aromatic rings. The van der Waals surface area contributed by atoms with Crippen molar-refractivity contribution in [1.82, 2.24) is 9.55 Å². The van der Waals surface area contributed by atoms with Crippen molar-refractivity contribution in [3.8, 4) is 50.7 Å². The Morgan fingerprint density at radius 2 is 1.04 bits per heavy atom. The molecule has 0 radical (unpaired) electrons. The number of nitrogens with zero attached hydrogens (tertiary/aromatic N) is 3. The van der Waals surface area contributed by atoms with E-state index >= 15 is 0 Å². The number of hydrogen-bond acceptors (Lipinski definition) is 3. The van der Waals surface area contributed by atoms with Crippen molar-refractivity contribution in [3.05, 3.63) is 200 Å². The van der Waals surface area contributed by atoms with Gasteiger partial charge in [0.1, 0.15) is 11.5 Å². The number of para-hydroxylation sites is 2. The first-order valence-electron chi connectivity index (χ1n) is 18.6. The van der Waals surface area contributed by atoms with Crippen LogP contribution in [0.3, 0.4) is 0 Å². The summed E-state index contributed by atoms with van der Waals surface area (Å²) in [6.07, 6.45) is 1.90. The molecule has 1 aliphatic rings. The Morgan fingerprint density at radius 3 is 1.76 bits per heavy atom. The van der Waals surface area contributed by atoms with Crippen LogP contribution in [0.2, 0.25) is 0 Å². The molecule has 11 rings (SSSR count). The van der Waals surface area contributed by atoms with Crippen LogP contribution in [-0.2, 0) is 0 Å². The van der Waals surface area contributed by atoms with Crippen molar-refractivity contribution in [2.75, 3.05) is 4.90 Å². The molecule has 0 saturated carbocycles. The van der Waals surface area contributed by atoms with E-state index in [1.54, 1.807) is 0 Å². The van der Waals surface area contributed by atoms with E-state index in [4.69, 9.17) is 9.72 Å². The van der Waals surface area contributed by atoms with E-state index in [1.165, 1.54) is 16.5 Å². The van der Waals surface area contributed by atoms with E-state index in [-0.39, 0.29) is 0 Å². The highest BCUT2D eigenvalue weighted by atomic mass is 16.5. The minimum atomic E-state index is 0.819. The van der Waals surface area contributed by atoms with Gasteiger partial charge in [0.2, 0.25) is 0 Å². The van der Waals surface area contributed by atoms with E-state index in [1.807, 2.05) is 18.3 Å². The highest BCUT2D eigenvalue weighted by Crippen LogP contribution is 2.48. The number of aromatic nitrogens is 2. The van der Waals surface area contributed by atoms with Crippen LogP contribution in [0.5, 0.6) is 11.5 Å². The zero-order chi connectivity index (χ0) is 36.3. The Hall–Kier alpha value is -7.43. The van der Waals surface area contributed by atoms with Gasteiger partial charge in [-0.3, -0.25) is 4.98 Å². The average molecular weight is 704 g/mol. The summed E-state index contributed by atoms with van der Waals surface area (Å²) in [6.45, 7) is 0. The predicted molar refractivity (Wildman–Crippen MR) is 227 cm³/mol. The Kier molecular flexibility index (Phi) is 7.14. The van der Waals surface area contributed by atoms with Crippen LogP contribution in [-0.4, -0.2) is 9.55 Å². The van der Waals surface area contributed by atoms with Crippen LogP contribution in [0, 0.1) is 0 Å². The predicted octanol–water partition coefficient (Wildman–Crippen LogP) is 13.9. The molecule has 0 fully saturated rings. The largest absolute Gasteiger partial charge is 0.456 e. The lowest BCUT2D eigenvalue weighted by Crippen LogP contribution is -2.09. The summed E-state index contributed by atoms with van der Waals surface area (Å²) in [5, 5.41) is 4.52. The summed E-state index contributed by atoms with van der Waals surface area (Å²) in [6, 6.07) is 68.9. The van der Waals surface area contributed by atoms with Gasteiger partial charge in [-0.25, -0.2) is 0 Å². The van der Waals surface area contributed by atoms with Gasteiger partial charge in [-0.15, -0.1) is 0 Å². The van der Waals surface area contributed by atoms with Gasteiger partial charge in [-0.1, -0.05) is 109 Å². The van der Waals surface area contributed by atoms with Crippen LogP contribution in [0.1, 0.15) is 0 Å². The summed E-state index contributed by atoms with van der Waals surface area (Å²) in [5.74, 6) is 1.66. The Bertz CT molecular complexity index is 3020. The minimum Gasteiger partial charge on any atom is -0.456 e. The molecule has 0 bridgehead atoms. The quantitative estimate of drug-likeness (QED) is 0.173. The van der Waals surface area contributed by atoms with E-state index < -0.39 is 0 Å². The van der Waals surface area contributed by atoms with Gasteiger partial charge in [0, 0.05) is 51.3 Å². The minimum absolute atomic E-state index is 0.819. The molecule has 2 aromatic heterocycles. The third-order valence-electron chi connectivity index (χ3n) is 10.8. The first kappa shape index (κ1) is 31.1. The molecular formula is C51H33N3O. The summed E-state index contributed by atoms with van der Waals surface area (Å²) in [7, 11) is 0. The van der Waals surface area contributed by atoms with Crippen molar-refractivity contribution in [3.63, 3.8) is 0 Å². The van der Waals surface area contributed by atoms with Gasteiger partial charge in [-0.05, 0) is 107 Å². The fourth-order valence-corrected chi connectivity index (χ4v) is 8.22. The van der Waals surface area contributed by atoms with Crippen LogP contribution in [0.25, 0.3) is 71.8 Å². The molecule has 4 nitrogen and oxygen atoms in total. The molecule has 0 aliphatic carbocycles. The number of rotatable bonds is 6. The summed E-state index contributed by atoms with van der Waals surface area (Å²) >= 11 is 0. The van der Waals surface area contributed by atoms with Gasteiger partial charge in [0.15, 0.2) is 0 Å².